The van der Waals surface area contributed by atoms with Gasteiger partial charge in [-0.3, -0.25) is 0 Å². The molecule has 0 bridgehead atoms. The molecule has 0 saturated carbocycles. The lowest BCUT2D eigenvalue weighted by Gasteiger charge is -2.03. The van der Waals surface area contributed by atoms with Crippen LogP contribution in [0.5, 0.6) is 0 Å². The SMILES string of the molecule is N#Cc1cc([N+](=O)[O-])nc(C(=O)O)c1C(F)F. The van der Waals surface area contributed by atoms with Gasteiger partial charge in [0.15, 0.2) is 0 Å². The number of hydrogen-bond acceptors (Lipinski definition) is 5. The van der Waals surface area contributed by atoms with Crippen LogP contribution >= 0.6 is 0 Å². The predicted molar refractivity (Wildman–Crippen MR) is 47.5 cm³/mol. The maximum Gasteiger partial charge on any atom is 0.381 e. The monoisotopic (exact) mass is 243 g/mol. The van der Waals surface area contributed by atoms with Gasteiger partial charge < -0.3 is 15.2 Å². The van der Waals surface area contributed by atoms with Crippen LogP contribution in [0.4, 0.5) is 14.6 Å². The van der Waals surface area contributed by atoms with Gasteiger partial charge in [-0.15, -0.1) is 0 Å². The van der Waals surface area contributed by atoms with Gasteiger partial charge in [0, 0.05) is 0 Å². The average molecular weight is 243 g/mol. The topological polar surface area (TPSA) is 117 Å². The van der Waals surface area contributed by atoms with Crippen molar-refractivity contribution in [3.63, 3.8) is 0 Å². The van der Waals surface area contributed by atoms with Crippen molar-refractivity contribution in [2.24, 2.45) is 0 Å². The van der Waals surface area contributed by atoms with Crippen molar-refractivity contribution in [2.75, 3.05) is 0 Å². The van der Waals surface area contributed by atoms with Gasteiger partial charge in [0.25, 0.3) is 12.1 Å². The lowest BCUT2D eigenvalue weighted by molar-refractivity contribution is -0.389. The molecule has 7 nitrogen and oxygen atoms in total. The molecule has 0 atom stereocenters. The number of aromatic carboxylic acids is 1. The second-order valence-electron chi connectivity index (χ2n) is 2.77. The van der Waals surface area contributed by atoms with Crippen molar-refractivity contribution in [2.45, 2.75) is 6.43 Å². The Morgan fingerprint density at radius 1 is 1.65 bits per heavy atom. The van der Waals surface area contributed by atoms with Gasteiger partial charge in [0.2, 0.25) is 0 Å². The number of pyridine rings is 1. The zero-order valence-corrected chi connectivity index (χ0v) is 7.92. The second kappa shape index (κ2) is 4.48. The standard InChI is InChI=1S/C8H3F2N3O4/c9-7(10)5-3(2-11)1-4(13(16)17)12-6(5)8(14)15/h1,7H,(H,14,15). The smallest absolute Gasteiger partial charge is 0.381 e. The summed E-state index contributed by atoms with van der Waals surface area (Å²) >= 11 is 0. The van der Waals surface area contributed by atoms with Crippen LogP contribution in [0, 0.1) is 21.4 Å². The van der Waals surface area contributed by atoms with Gasteiger partial charge in [0.05, 0.1) is 17.2 Å². The van der Waals surface area contributed by atoms with E-state index in [4.69, 9.17) is 10.4 Å². The number of hydrogen-bond donors (Lipinski definition) is 1. The number of nitro groups is 1. The summed E-state index contributed by atoms with van der Waals surface area (Å²) in [6, 6.07) is 1.79. The number of rotatable bonds is 3. The van der Waals surface area contributed by atoms with E-state index < -0.39 is 40.0 Å². The van der Waals surface area contributed by atoms with Crippen LogP contribution in [-0.2, 0) is 0 Å². The predicted octanol–water partition coefficient (Wildman–Crippen LogP) is 1.50. The van der Waals surface area contributed by atoms with Crippen molar-refractivity contribution in [3.05, 3.63) is 33.0 Å². The van der Waals surface area contributed by atoms with E-state index >= 15 is 0 Å². The molecule has 88 valence electrons. The molecule has 0 amide bonds. The molecule has 1 N–H and O–H groups in total. The van der Waals surface area contributed by atoms with Gasteiger partial charge in [-0.2, -0.15) is 5.26 Å². The Bertz CT molecular complexity index is 538. The fourth-order valence-corrected chi connectivity index (χ4v) is 1.11. The van der Waals surface area contributed by atoms with Crippen LogP contribution in [0.1, 0.15) is 28.0 Å². The van der Waals surface area contributed by atoms with Gasteiger partial charge in [-0.1, -0.05) is 0 Å². The molecular formula is C8H3F2N3O4. The summed E-state index contributed by atoms with van der Waals surface area (Å²) in [7, 11) is 0. The summed E-state index contributed by atoms with van der Waals surface area (Å²) in [5.41, 5.74) is -3.09. The molecule has 1 aromatic heterocycles. The number of carboxylic acid groups (broad SMARTS) is 1. The summed E-state index contributed by atoms with van der Waals surface area (Å²) in [5, 5.41) is 27.5. The van der Waals surface area contributed by atoms with Gasteiger partial charge in [-0.05, 0) is 9.91 Å². The molecule has 0 radical (unpaired) electrons. The first-order valence-electron chi connectivity index (χ1n) is 3.99. The minimum absolute atomic E-state index is 0.508. The Kier molecular flexibility index (Phi) is 3.28. The highest BCUT2D eigenvalue weighted by Crippen LogP contribution is 2.28. The Balaban J connectivity index is 3.65. The lowest BCUT2D eigenvalue weighted by atomic mass is 10.1. The van der Waals surface area contributed by atoms with Crippen molar-refractivity contribution in [1.82, 2.24) is 4.98 Å². The summed E-state index contributed by atoms with van der Waals surface area (Å²) in [4.78, 5) is 22.9. The van der Waals surface area contributed by atoms with E-state index in [2.05, 4.69) is 4.98 Å². The van der Waals surface area contributed by atoms with Crippen LogP contribution in [-0.4, -0.2) is 21.0 Å². The average Bonchev–Trinajstić information content (AvgIpc) is 2.26. The van der Waals surface area contributed by atoms with E-state index in [0.717, 1.165) is 0 Å². The summed E-state index contributed by atoms with van der Waals surface area (Å²) in [6.07, 6.45) is -3.26. The number of alkyl halides is 2. The first-order chi connectivity index (χ1) is 7.88. The van der Waals surface area contributed by atoms with E-state index in [1.54, 1.807) is 0 Å². The molecule has 9 heteroatoms. The number of carbonyl (C=O) groups is 1. The van der Waals surface area contributed by atoms with Crippen molar-refractivity contribution in [3.8, 4) is 6.07 Å². The zero-order chi connectivity index (χ0) is 13.2. The number of halogens is 2. The lowest BCUT2D eigenvalue weighted by Crippen LogP contribution is -2.10. The van der Waals surface area contributed by atoms with Crippen molar-refractivity contribution >= 4 is 11.8 Å². The van der Waals surface area contributed by atoms with E-state index in [-0.39, 0.29) is 0 Å². The zero-order valence-electron chi connectivity index (χ0n) is 7.92. The van der Waals surface area contributed by atoms with Crippen LogP contribution in [0.3, 0.4) is 0 Å². The Hall–Kier alpha value is -2.63. The van der Waals surface area contributed by atoms with Gasteiger partial charge in [-0.25, -0.2) is 13.6 Å². The summed E-state index contributed by atoms with van der Waals surface area (Å²) < 4.78 is 25.1. The normalized spacial score (nSPS) is 10.0. The molecule has 17 heavy (non-hydrogen) atoms. The first-order valence-corrected chi connectivity index (χ1v) is 3.99. The molecule has 1 rings (SSSR count). The third-order valence-corrected chi connectivity index (χ3v) is 1.77. The van der Waals surface area contributed by atoms with Crippen LogP contribution in [0.2, 0.25) is 0 Å². The number of aromatic nitrogens is 1. The fraction of sp³-hybridized carbons (Fsp3) is 0.125. The summed E-state index contributed by atoms with van der Waals surface area (Å²) in [5.74, 6) is -2.83. The Morgan fingerprint density at radius 3 is 2.59 bits per heavy atom. The van der Waals surface area contributed by atoms with Crippen LogP contribution in [0.25, 0.3) is 0 Å². The third kappa shape index (κ3) is 2.31. The highest BCUT2D eigenvalue weighted by molar-refractivity contribution is 5.88. The van der Waals surface area contributed by atoms with Crippen LogP contribution < -0.4 is 0 Å². The molecule has 0 aliphatic heterocycles. The molecule has 0 aromatic carbocycles. The minimum Gasteiger partial charge on any atom is -0.475 e. The highest BCUT2D eigenvalue weighted by Gasteiger charge is 2.30. The number of nitrogens with zero attached hydrogens (tertiary/aromatic N) is 3. The third-order valence-electron chi connectivity index (χ3n) is 1.77. The van der Waals surface area contributed by atoms with E-state index in [1.165, 1.54) is 6.07 Å². The molecule has 0 fully saturated rings. The van der Waals surface area contributed by atoms with Crippen LogP contribution in [0.15, 0.2) is 6.07 Å². The second-order valence-corrected chi connectivity index (χ2v) is 2.77. The molecule has 0 saturated heterocycles. The maximum absolute atomic E-state index is 12.5. The highest BCUT2D eigenvalue weighted by atomic mass is 19.3. The van der Waals surface area contributed by atoms with Gasteiger partial charge >= 0.3 is 11.8 Å². The largest absolute Gasteiger partial charge is 0.475 e. The van der Waals surface area contributed by atoms with E-state index in [0.29, 0.717) is 6.07 Å². The van der Waals surface area contributed by atoms with Crippen molar-refractivity contribution < 1.29 is 23.6 Å². The van der Waals surface area contributed by atoms with Crippen molar-refractivity contribution in [1.29, 1.82) is 5.26 Å². The maximum atomic E-state index is 12.5. The molecule has 0 unspecified atom stereocenters. The molecule has 1 heterocycles. The molecule has 1 aromatic rings. The number of carboxylic acids is 1. The summed E-state index contributed by atoms with van der Waals surface area (Å²) in [6.45, 7) is 0. The van der Waals surface area contributed by atoms with Gasteiger partial charge in [0.1, 0.15) is 6.07 Å². The van der Waals surface area contributed by atoms with E-state index in [9.17, 15) is 23.7 Å². The molecular weight excluding hydrogens is 240 g/mol. The number of nitriles is 1. The Morgan fingerprint density at radius 2 is 2.24 bits per heavy atom. The molecule has 0 aliphatic rings. The molecule has 0 aliphatic carbocycles. The van der Waals surface area contributed by atoms with E-state index in [1.807, 2.05) is 0 Å². The fourth-order valence-electron chi connectivity index (χ4n) is 1.11. The minimum atomic E-state index is -3.26. The Labute approximate surface area is 92.1 Å². The quantitative estimate of drug-likeness (QED) is 0.634. The first kappa shape index (κ1) is 12.4. The molecule has 0 spiro atoms.